The molecule has 0 unspecified atom stereocenters. The predicted octanol–water partition coefficient (Wildman–Crippen LogP) is 4.78. The first-order valence-electron chi connectivity index (χ1n) is 12.4. The first kappa shape index (κ1) is 27.1. The number of carbonyl (C=O) groups excluding carboxylic acids is 1. The molecule has 1 amide bonds. The maximum absolute atomic E-state index is 15.3. The standard InChI is InChI=1S/C28H24F4N6O2/c1-17-15-36(16-20-6-4-3-5-19(20)13-33)11-12-37(17)27(39)22-14-34-38-25(28(30,31)32)23(29)24(35-26(22)38)18-7-9-21(40-2)10-8-18/h3-10,14,17H,11-12,15-16H2,1-2H3/t17-/m1/s1. The van der Waals surface area contributed by atoms with Gasteiger partial charge in [-0.25, -0.2) is 13.9 Å². The molecule has 2 aromatic heterocycles. The molecule has 0 saturated carbocycles. The molecule has 1 atom stereocenters. The van der Waals surface area contributed by atoms with Crippen LogP contribution in [0.2, 0.25) is 0 Å². The molecule has 5 rings (SSSR count). The largest absolute Gasteiger partial charge is 0.497 e. The minimum atomic E-state index is -5.10. The molecule has 8 nitrogen and oxygen atoms in total. The van der Waals surface area contributed by atoms with Crippen LogP contribution in [0.1, 0.15) is 34.1 Å². The third-order valence-electron chi connectivity index (χ3n) is 6.96. The van der Waals surface area contributed by atoms with Crippen molar-refractivity contribution in [3.8, 4) is 23.1 Å². The number of rotatable bonds is 5. The Bertz CT molecular complexity index is 1610. The fourth-order valence-corrected chi connectivity index (χ4v) is 4.95. The van der Waals surface area contributed by atoms with Gasteiger partial charge in [-0.05, 0) is 42.8 Å². The van der Waals surface area contributed by atoms with Crippen molar-refractivity contribution in [3.05, 3.63) is 82.9 Å². The highest BCUT2D eigenvalue weighted by molar-refractivity contribution is 6.00. The Balaban J connectivity index is 1.47. The van der Waals surface area contributed by atoms with Crippen LogP contribution in [-0.4, -0.2) is 63.1 Å². The number of methoxy groups -OCH3 is 1. The van der Waals surface area contributed by atoms with Crippen molar-refractivity contribution < 1.29 is 27.1 Å². The van der Waals surface area contributed by atoms with Crippen molar-refractivity contribution in [3.63, 3.8) is 0 Å². The van der Waals surface area contributed by atoms with Gasteiger partial charge in [-0.3, -0.25) is 9.69 Å². The molecule has 0 radical (unpaired) electrons. The Morgan fingerprint density at radius 2 is 1.88 bits per heavy atom. The van der Waals surface area contributed by atoms with Gasteiger partial charge >= 0.3 is 6.18 Å². The molecule has 1 fully saturated rings. The van der Waals surface area contributed by atoms with Crippen LogP contribution in [0.4, 0.5) is 17.6 Å². The summed E-state index contributed by atoms with van der Waals surface area (Å²) < 4.78 is 62.8. The van der Waals surface area contributed by atoms with E-state index in [1.165, 1.54) is 31.4 Å². The van der Waals surface area contributed by atoms with Gasteiger partial charge in [0, 0.05) is 37.8 Å². The van der Waals surface area contributed by atoms with Crippen LogP contribution >= 0.6 is 0 Å². The Morgan fingerprint density at radius 3 is 2.52 bits per heavy atom. The van der Waals surface area contributed by atoms with E-state index in [-0.39, 0.29) is 22.8 Å². The third kappa shape index (κ3) is 4.96. The van der Waals surface area contributed by atoms with E-state index in [4.69, 9.17) is 4.74 Å². The van der Waals surface area contributed by atoms with Crippen LogP contribution in [0.25, 0.3) is 16.9 Å². The van der Waals surface area contributed by atoms with Crippen LogP contribution in [-0.2, 0) is 12.7 Å². The monoisotopic (exact) mass is 552 g/mol. The van der Waals surface area contributed by atoms with E-state index in [0.29, 0.717) is 42.0 Å². The highest BCUT2D eigenvalue weighted by Crippen LogP contribution is 2.36. The molecule has 2 aromatic carbocycles. The number of aromatic nitrogens is 3. The van der Waals surface area contributed by atoms with E-state index in [9.17, 15) is 23.2 Å². The quantitative estimate of drug-likeness (QED) is 0.331. The number of nitrogens with zero attached hydrogens (tertiary/aromatic N) is 6. The smallest absolute Gasteiger partial charge is 0.436 e. The maximum Gasteiger partial charge on any atom is 0.436 e. The molecule has 206 valence electrons. The summed E-state index contributed by atoms with van der Waals surface area (Å²) in [6, 6.07) is 14.9. The molecule has 0 N–H and O–H groups in total. The Hall–Kier alpha value is -4.50. The molecule has 1 aliphatic heterocycles. The van der Waals surface area contributed by atoms with Crippen molar-refractivity contribution in [2.45, 2.75) is 25.7 Å². The van der Waals surface area contributed by atoms with E-state index in [2.05, 4.69) is 21.1 Å². The second-order valence-corrected chi connectivity index (χ2v) is 9.49. The average Bonchev–Trinajstić information content (AvgIpc) is 3.35. The summed E-state index contributed by atoms with van der Waals surface area (Å²) in [7, 11) is 1.43. The van der Waals surface area contributed by atoms with E-state index >= 15 is 4.39 Å². The molecule has 4 aromatic rings. The SMILES string of the molecule is COc1ccc(-c2nc3c(C(=O)N4CCN(Cc5ccccc5C#N)C[C@H]4C)cnn3c(C(F)(F)F)c2F)cc1. The minimum absolute atomic E-state index is 0.0885. The molecule has 0 spiro atoms. The fourth-order valence-electron chi connectivity index (χ4n) is 4.95. The summed E-state index contributed by atoms with van der Waals surface area (Å²) in [5.41, 5.74) is -1.20. The second-order valence-electron chi connectivity index (χ2n) is 9.49. The van der Waals surface area contributed by atoms with Gasteiger partial charge in [0.05, 0.1) is 24.9 Å². The van der Waals surface area contributed by atoms with E-state index in [1.807, 2.05) is 19.1 Å². The molecular formula is C28H24F4N6O2. The molecule has 1 aliphatic rings. The number of alkyl halides is 3. The number of nitriles is 1. The Labute approximate surface area is 227 Å². The van der Waals surface area contributed by atoms with Gasteiger partial charge in [0.25, 0.3) is 5.91 Å². The number of amides is 1. The zero-order chi connectivity index (χ0) is 28.6. The molecule has 12 heteroatoms. The van der Waals surface area contributed by atoms with Crippen molar-refractivity contribution >= 4 is 11.6 Å². The van der Waals surface area contributed by atoms with E-state index in [1.54, 1.807) is 17.0 Å². The van der Waals surface area contributed by atoms with Crippen LogP contribution in [0.15, 0.2) is 54.7 Å². The summed E-state index contributed by atoms with van der Waals surface area (Å²) in [6.07, 6.45) is -4.10. The third-order valence-corrected chi connectivity index (χ3v) is 6.96. The van der Waals surface area contributed by atoms with Gasteiger partial charge in [0.1, 0.15) is 17.0 Å². The number of fused-ring (bicyclic) bond motifs is 1. The zero-order valence-corrected chi connectivity index (χ0v) is 21.6. The Kier molecular flexibility index (Phi) is 7.16. The number of carbonyl (C=O) groups is 1. The number of piperazine rings is 1. The van der Waals surface area contributed by atoms with Gasteiger partial charge in [0.2, 0.25) is 0 Å². The van der Waals surface area contributed by atoms with Crippen molar-refractivity contribution in [2.75, 3.05) is 26.7 Å². The lowest BCUT2D eigenvalue weighted by atomic mass is 10.1. The van der Waals surface area contributed by atoms with Crippen LogP contribution in [0, 0.1) is 17.1 Å². The van der Waals surface area contributed by atoms with Gasteiger partial charge in [-0.2, -0.15) is 23.5 Å². The number of ether oxygens (including phenoxy) is 1. The lowest BCUT2D eigenvalue weighted by molar-refractivity contribution is -0.145. The van der Waals surface area contributed by atoms with Gasteiger partial charge in [-0.1, -0.05) is 18.2 Å². The summed E-state index contributed by atoms with van der Waals surface area (Å²) in [4.78, 5) is 21.4. The van der Waals surface area contributed by atoms with E-state index in [0.717, 1.165) is 11.8 Å². The van der Waals surface area contributed by atoms with Gasteiger partial charge in [0.15, 0.2) is 17.2 Å². The van der Waals surface area contributed by atoms with Crippen LogP contribution in [0.5, 0.6) is 5.75 Å². The molecule has 1 saturated heterocycles. The minimum Gasteiger partial charge on any atom is -0.497 e. The first-order valence-corrected chi connectivity index (χ1v) is 12.4. The first-order chi connectivity index (χ1) is 19.1. The topological polar surface area (TPSA) is 86.8 Å². The van der Waals surface area contributed by atoms with Crippen molar-refractivity contribution in [1.82, 2.24) is 24.4 Å². The van der Waals surface area contributed by atoms with Crippen molar-refractivity contribution in [2.24, 2.45) is 0 Å². The molecule has 0 aliphatic carbocycles. The number of hydrogen-bond acceptors (Lipinski definition) is 6. The lowest BCUT2D eigenvalue weighted by Crippen LogP contribution is -2.53. The predicted molar refractivity (Wildman–Crippen MR) is 137 cm³/mol. The molecular weight excluding hydrogens is 528 g/mol. The highest BCUT2D eigenvalue weighted by atomic mass is 19.4. The summed E-state index contributed by atoms with van der Waals surface area (Å²) in [6.45, 7) is 3.63. The average molecular weight is 553 g/mol. The van der Waals surface area contributed by atoms with Gasteiger partial charge < -0.3 is 9.64 Å². The second kappa shape index (κ2) is 10.6. The number of benzene rings is 2. The van der Waals surface area contributed by atoms with Crippen molar-refractivity contribution in [1.29, 1.82) is 5.26 Å². The Morgan fingerprint density at radius 1 is 1.15 bits per heavy atom. The van der Waals surface area contributed by atoms with Crippen LogP contribution < -0.4 is 4.74 Å². The number of halogens is 4. The summed E-state index contributed by atoms with van der Waals surface area (Å²) in [5.74, 6) is -1.70. The molecule has 0 bridgehead atoms. The fraction of sp³-hybridized carbons (Fsp3) is 0.286. The molecule has 3 heterocycles. The summed E-state index contributed by atoms with van der Waals surface area (Å²) >= 11 is 0. The molecule has 40 heavy (non-hydrogen) atoms. The zero-order valence-electron chi connectivity index (χ0n) is 21.6. The maximum atomic E-state index is 15.3. The highest BCUT2D eigenvalue weighted by Gasteiger charge is 2.41. The van der Waals surface area contributed by atoms with E-state index < -0.39 is 29.3 Å². The lowest BCUT2D eigenvalue weighted by Gasteiger charge is -2.39. The summed E-state index contributed by atoms with van der Waals surface area (Å²) in [5, 5.41) is 13.1. The van der Waals surface area contributed by atoms with Gasteiger partial charge in [-0.15, -0.1) is 0 Å². The normalized spacial score (nSPS) is 16.2. The number of hydrogen-bond donors (Lipinski definition) is 0. The van der Waals surface area contributed by atoms with Crippen LogP contribution in [0.3, 0.4) is 0 Å².